The maximum absolute atomic E-state index is 13.3. The van der Waals surface area contributed by atoms with Crippen molar-refractivity contribution in [2.75, 3.05) is 0 Å². The van der Waals surface area contributed by atoms with Gasteiger partial charge in [-0.25, -0.2) is 9.97 Å². The number of benzene rings is 1. The van der Waals surface area contributed by atoms with Crippen LogP contribution in [0.1, 0.15) is 38.4 Å². The molecule has 0 aliphatic carbocycles. The molecule has 23 heavy (non-hydrogen) atoms. The van der Waals surface area contributed by atoms with Crippen molar-refractivity contribution >= 4 is 15.3 Å². The summed E-state index contributed by atoms with van der Waals surface area (Å²) in [5.41, 5.74) is 1.32. The van der Waals surface area contributed by atoms with Gasteiger partial charge in [-0.05, 0) is 48.2 Å². The first-order valence-corrected chi connectivity index (χ1v) is 9.44. The van der Waals surface area contributed by atoms with Crippen LogP contribution >= 0.6 is 10.2 Å². The number of carbonyl (C=O) groups is 1. The SMILES string of the molecule is CCC(C)(C)C(=O)S(N)(c1ccccc1)c1ncc(C)c(C)n1. The summed E-state index contributed by atoms with van der Waals surface area (Å²) in [7, 11) is -2.45. The lowest BCUT2D eigenvalue weighted by molar-refractivity contribution is -0.118. The van der Waals surface area contributed by atoms with Crippen molar-refractivity contribution in [3.8, 4) is 0 Å². The summed E-state index contributed by atoms with van der Waals surface area (Å²) in [5.74, 6) is 0. The van der Waals surface area contributed by atoms with E-state index in [-0.39, 0.29) is 5.12 Å². The minimum Gasteiger partial charge on any atom is -0.286 e. The molecule has 0 spiro atoms. The molecule has 0 aliphatic heterocycles. The summed E-state index contributed by atoms with van der Waals surface area (Å²) in [6.45, 7) is 9.75. The van der Waals surface area contributed by atoms with E-state index in [1.807, 2.05) is 65.0 Å². The van der Waals surface area contributed by atoms with Crippen LogP contribution < -0.4 is 5.14 Å². The molecule has 1 aromatic heterocycles. The third kappa shape index (κ3) is 3.16. The summed E-state index contributed by atoms with van der Waals surface area (Å²) in [6.07, 6.45) is 2.47. The van der Waals surface area contributed by atoms with E-state index in [4.69, 9.17) is 5.14 Å². The number of rotatable bonds is 4. The maximum atomic E-state index is 13.3. The van der Waals surface area contributed by atoms with E-state index in [0.29, 0.717) is 5.16 Å². The van der Waals surface area contributed by atoms with Crippen molar-refractivity contribution < 1.29 is 4.79 Å². The predicted octanol–water partition coefficient (Wildman–Crippen LogP) is 4.15. The number of nitrogens with two attached hydrogens (primary N) is 1. The molecule has 4 nitrogen and oxygen atoms in total. The molecule has 124 valence electrons. The lowest BCUT2D eigenvalue weighted by Crippen LogP contribution is -2.34. The van der Waals surface area contributed by atoms with Crippen molar-refractivity contribution in [1.29, 1.82) is 0 Å². The second-order valence-electron chi connectivity index (χ2n) is 6.42. The van der Waals surface area contributed by atoms with Crippen molar-refractivity contribution in [3.05, 3.63) is 47.8 Å². The van der Waals surface area contributed by atoms with Crippen LogP contribution in [0.5, 0.6) is 0 Å². The van der Waals surface area contributed by atoms with Crippen molar-refractivity contribution in [1.82, 2.24) is 9.97 Å². The minimum atomic E-state index is -2.45. The van der Waals surface area contributed by atoms with Crippen molar-refractivity contribution in [2.24, 2.45) is 10.6 Å². The lowest BCUT2D eigenvalue weighted by atomic mass is 9.92. The molecule has 0 bridgehead atoms. The van der Waals surface area contributed by atoms with Gasteiger partial charge in [-0.2, -0.15) is 0 Å². The lowest BCUT2D eigenvalue weighted by Gasteiger charge is -2.38. The van der Waals surface area contributed by atoms with Gasteiger partial charge in [0.2, 0.25) is 0 Å². The molecule has 0 saturated heterocycles. The van der Waals surface area contributed by atoms with Crippen LogP contribution in [0.2, 0.25) is 0 Å². The van der Waals surface area contributed by atoms with Gasteiger partial charge in [0.25, 0.3) is 0 Å². The van der Waals surface area contributed by atoms with Gasteiger partial charge in [-0.1, -0.05) is 39.0 Å². The normalized spacial score (nSPS) is 15.7. The minimum absolute atomic E-state index is 0.0157. The molecule has 0 aliphatic rings. The smallest absolute Gasteiger partial charge is 0.200 e. The maximum Gasteiger partial charge on any atom is 0.200 e. The summed E-state index contributed by atoms with van der Waals surface area (Å²) in [6, 6.07) is 9.52. The van der Waals surface area contributed by atoms with Gasteiger partial charge in [0.05, 0.1) is 0 Å². The first kappa shape index (κ1) is 17.6. The molecule has 1 heterocycles. The monoisotopic (exact) mass is 331 g/mol. The summed E-state index contributed by atoms with van der Waals surface area (Å²) >= 11 is 0. The van der Waals surface area contributed by atoms with E-state index in [1.54, 1.807) is 6.20 Å². The van der Waals surface area contributed by atoms with Gasteiger partial charge in [0.1, 0.15) is 0 Å². The molecule has 1 aromatic carbocycles. The van der Waals surface area contributed by atoms with E-state index in [2.05, 4.69) is 9.97 Å². The Morgan fingerprint density at radius 3 is 2.35 bits per heavy atom. The Bertz CT molecular complexity index is 715. The van der Waals surface area contributed by atoms with Crippen LogP contribution in [0, 0.1) is 19.3 Å². The number of carbonyl (C=O) groups excluding carboxylic acids is 1. The Kier molecular flexibility index (Phi) is 4.92. The third-order valence-corrected chi connectivity index (χ3v) is 7.26. The first-order valence-electron chi connectivity index (χ1n) is 7.74. The molecule has 0 saturated carbocycles. The van der Waals surface area contributed by atoms with Crippen LogP contribution in [-0.2, 0) is 4.79 Å². The van der Waals surface area contributed by atoms with Gasteiger partial charge < -0.3 is 0 Å². The third-order valence-electron chi connectivity index (χ3n) is 4.33. The second kappa shape index (κ2) is 6.42. The first-order chi connectivity index (χ1) is 10.7. The average molecular weight is 331 g/mol. The van der Waals surface area contributed by atoms with Crippen LogP contribution in [0.25, 0.3) is 0 Å². The largest absolute Gasteiger partial charge is 0.286 e. The Hall–Kier alpha value is -1.72. The average Bonchev–Trinajstić information content (AvgIpc) is 2.56. The zero-order chi connectivity index (χ0) is 17.3. The van der Waals surface area contributed by atoms with Crippen LogP contribution in [-0.4, -0.2) is 15.1 Å². The van der Waals surface area contributed by atoms with E-state index in [1.165, 1.54) is 0 Å². The highest BCUT2D eigenvalue weighted by Crippen LogP contribution is 2.58. The van der Waals surface area contributed by atoms with Gasteiger partial charge in [0, 0.05) is 22.2 Å². The van der Waals surface area contributed by atoms with Gasteiger partial charge in [-0.15, -0.1) is 0 Å². The summed E-state index contributed by atoms with van der Waals surface area (Å²) in [4.78, 5) is 23.2. The van der Waals surface area contributed by atoms with Gasteiger partial charge in [0.15, 0.2) is 10.3 Å². The Labute approximate surface area is 140 Å². The highest BCUT2D eigenvalue weighted by Gasteiger charge is 2.43. The predicted molar refractivity (Wildman–Crippen MR) is 95.3 cm³/mol. The van der Waals surface area contributed by atoms with Crippen molar-refractivity contribution in [3.63, 3.8) is 0 Å². The number of hydrogen-bond acceptors (Lipinski definition) is 4. The molecular weight excluding hydrogens is 306 g/mol. The number of hydrogen-bond donors (Lipinski definition) is 1. The Balaban J connectivity index is 2.70. The van der Waals surface area contributed by atoms with Gasteiger partial charge in [-0.3, -0.25) is 9.93 Å². The van der Waals surface area contributed by atoms with Gasteiger partial charge >= 0.3 is 0 Å². The molecule has 1 unspecified atom stereocenters. The zero-order valence-corrected chi connectivity index (χ0v) is 15.3. The van der Waals surface area contributed by atoms with E-state index < -0.39 is 15.6 Å². The number of aromatic nitrogens is 2. The Morgan fingerprint density at radius 2 is 1.83 bits per heavy atom. The number of nitrogens with zero attached hydrogens (tertiary/aromatic N) is 2. The highest BCUT2D eigenvalue weighted by atomic mass is 32.3. The molecule has 0 amide bonds. The zero-order valence-electron chi connectivity index (χ0n) is 14.5. The number of aryl methyl sites for hydroxylation is 2. The molecule has 2 rings (SSSR count). The Morgan fingerprint density at radius 1 is 1.22 bits per heavy atom. The standard InChI is InChI=1S/C18H25N3OS/c1-6-18(4,5)16(22)23(19,15-10-8-7-9-11-15)17-20-12-13(2)14(3)21-17/h7-12H,6,19H2,1-5H3. The molecule has 5 heteroatoms. The highest BCUT2D eigenvalue weighted by molar-refractivity contribution is 8.43. The fraction of sp³-hybridized carbons (Fsp3) is 0.389. The van der Waals surface area contributed by atoms with Crippen molar-refractivity contribution in [2.45, 2.75) is 51.1 Å². The molecule has 0 fully saturated rings. The molecule has 2 aromatic rings. The topological polar surface area (TPSA) is 68.9 Å². The molecule has 0 radical (unpaired) electrons. The molecule has 2 N–H and O–H groups in total. The van der Waals surface area contributed by atoms with Crippen LogP contribution in [0.15, 0.2) is 46.6 Å². The molecule has 1 atom stereocenters. The summed E-state index contributed by atoms with van der Waals surface area (Å²) < 4.78 is 0. The van der Waals surface area contributed by atoms with E-state index >= 15 is 0 Å². The fourth-order valence-corrected chi connectivity index (χ4v) is 4.86. The van der Waals surface area contributed by atoms with E-state index in [9.17, 15) is 4.79 Å². The molecular formula is C18H25N3OS. The van der Waals surface area contributed by atoms with E-state index in [0.717, 1.165) is 22.6 Å². The fourth-order valence-electron chi connectivity index (χ4n) is 2.17. The second-order valence-corrected chi connectivity index (χ2v) is 8.95. The summed E-state index contributed by atoms with van der Waals surface area (Å²) in [5, 5.41) is 7.23. The van der Waals surface area contributed by atoms with Crippen LogP contribution in [0.3, 0.4) is 0 Å². The van der Waals surface area contributed by atoms with Crippen LogP contribution in [0.4, 0.5) is 0 Å². The quantitative estimate of drug-likeness (QED) is 0.854.